The van der Waals surface area contributed by atoms with Crippen molar-refractivity contribution < 1.29 is 14.3 Å². The van der Waals surface area contributed by atoms with Gasteiger partial charge < -0.3 is 9.64 Å². The summed E-state index contributed by atoms with van der Waals surface area (Å²) in [6.07, 6.45) is 4.77. The highest BCUT2D eigenvalue weighted by Crippen LogP contribution is 2.23. The number of carbonyl (C=O) groups is 2. The Kier molecular flexibility index (Phi) is 5.43. The van der Waals surface area contributed by atoms with Crippen molar-refractivity contribution >= 4 is 11.7 Å². The van der Waals surface area contributed by atoms with E-state index >= 15 is 0 Å². The molecule has 1 aliphatic rings. The molecular formula is C20H22N2O3. The fourth-order valence-corrected chi connectivity index (χ4v) is 3.20. The summed E-state index contributed by atoms with van der Waals surface area (Å²) in [5, 5.41) is 0. The van der Waals surface area contributed by atoms with Crippen LogP contribution >= 0.6 is 0 Å². The molecule has 0 saturated carbocycles. The Morgan fingerprint density at radius 3 is 2.76 bits per heavy atom. The van der Waals surface area contributed by atoms with Crippen LogP contribution in [0.2, 0.25) is 0 Å². The number of ketones is 1. The normalized spacial score (nSPS) is 18.0. The minimum atomic E-state index is -0.600. The summed E-state index contributed by atoms with van der Waals surface area (Å²) in [7, 11) is 0. The van der Waals surface area contributed by atoms with Crippen LogP contribution in [0.25, 0.3) is 0 Å². The topological polar surface area (TPSA) is 59.5 Å². The highest BCUT2D eigenvalue weighted by atomic mass is 16.5. The molecule has 25 heavy (non-hydrogen) atoms. The summed E-state index contributed by atoms with van der Waals surface area (Å²) in [4.78, 5) is 31.0. The van der Waals surface area contributed by atoms with Crippen molar-refractivity contribution in [3.8, 4) is 5.75 Å². The lowest BCUT2D eigenvalue weighted by Gasteiger charge is -2.27. The van der Waals surface area contributed by atoms with Crippen molar-refractivity contribution in [3.05, 3.63) is 60.4 Å². The predicted octanol–water partition coefficient (Wildman–Crippen LogP) is 3.11. The molecule has 5 heteroatoms. The smallest absolute Gasteiger partial charge is 0.263 e. The first-order chi connectivity index (χ1) is 12.1. The number of benzene rings is 1. The van der Waals surface area contributed by atoms with Gasteiger partial charge in [-0.2, -0.15) is 0 Å². The maximum atomic E-state index is 12.7. The van der Waals surface area contributed by atoms with E-state index in [4.69, 9.17) is 4.74 Å². The molecule has 2 atom stereocenters. The third kappa shape index (κ3) is 4.24. The molecule has 0 spiro atoms. The molecule has 1 aliphatic heterocycles. The molecule has 5 nitrogen and oxygen atoms in total. The summed E-state index contributed by atoms with van der Waals surface area (Å²) >= 11 is 0. The quantitative estimate of drug-likeness (QED) is 0.759. The van der Waals surface area contributed by atoms with Gasteiger partial charge in [0.2, 0.25) is 0 Å². The third-order valence-electron chi connectivity index (χ3n) is 4.47. The van der Waals surface area contributed by atoms with Crippen LogP contribution in [0.1, 0.15) is 36.5 Å². The molecular weight excluding hydrogens is 316 g/mol. The van der Waals surface area contributed by atoms with Crippen molar-refractivity contribution in [1.29, 1.82) is 0 Å². The van der Waals surface area contributed by atoms with Gasteiger partial charge in [0.1, 0.15) is 5.75 Å². The van der Waals surface area contributed by atoms with E-state index in [1.54, 1.807) is 36.4 Å². The fourth-order valence-electron chi connectivity index (χ4n) is 3.20. The van der Waals surface area contributed by atoms with E-state index in [0.29, 0.717) is 24.3 Å². The number of likely N-dealkylation sites (tertiary alicyclic amines) is 1. The highest BCUT2D eigenvalue weighted by Gasteiger charge is 2.33. The van der Waals surface area contributed by atoms with Gasteiger partial charge in [-0.25, -0.2) is 0 Å². The van der Waals surface area contributed by atoms with E-state index in [0.717, 1.165) is 12.8 Å². The van der Waals surface area contributed by atoms with Crippen LogP contribution < -0.4 is 4.74 Å². The minimum absolute atomic E-state index is 0.0554. The Hall–Kier alpha value is -2.69. The standard InChI is InChI=1S/C20H22N2O3/c1-15(25-18-10-5-11-21-14-18)20(24)22-12-6-9-17(22)13-19(23)16-7-3-2-4-8-16/h2-5,7-8,10-11,14-15,17H,6,9,12-13H2,1H3/t15-,17+/m1/s1. The molecule has 0 radical (unpaired) electrons. The molecule has 1 saturated heterocycles. The van der Waals surface area contributed by atoms with Gasteiger partial charge in [-0.1, -0.05) is 30.3 Å². The zero-order valence-electron chi connectivity index (χ0n) is 14.3. The average molecular weight is 338 g/mol. The number of carbonyl (C=O) groups excluding carboxylic acids is 2. The maximum absolute atomic E-state index is 12.7. The number of pyridine rings is 1. The molecule has 1 fully saturated rings. The van der Waals surface area contributed by atoms with Crippen LogP contribution in [0, 0.1) is 0 Å². The Balaban J connectivity index is 1.62. The minimum Gasteiger partial charge on any atom is -0.479 e. The molecule has 0 unspecified atom stereocenters. The lowest BCUT2D eigenvalue weighted by molar-refractivity contribution is -0.138. The average Bonchev–Trinajstić information content (AvgIpc) is 3.10. The van der Waals surface area contributed by atoms with Crippen molar-refractivity contribution in [2.24, 2.45) is 0 Å². The number of hydrogen-bond donors (Lipinski definition) is 0. The van der Waals surface area contributed by atoms with Crippen molar-refractivity contribution in [3.63, 3.8) is 0 Å². The molecule has 0 aliphatic carbocycles. The molecule has 1 aromatic carbocycles. The summed E-state index contributed by atoms with van der Waals surface area (Å²) in [6, 6.07) is 12.7. The zero-order chi connectivity index (χ0) is 17.6. The van der Waals surface area contributed by atoms with E-state index in [2.05, 4.69) is 4.98 Å². The Labute approximate surface area is 147 Å². The van der Waals surface area contributed by atoms with Crippen LogP contribution in [0.15, 0.2) is 54.9 Å². The number of rotatable bonds is 6. The molecule has 1 aromatic heterocycles. The number of amides is 1. The fraction of sp³-hybridized carbons (Fsp3) is 0.350. The summed E-state index contributed by atoms with van der Waals surface area (Å²) < 4.78 is 5.69. The number of Topliss-reactive ketones (excluding diaryl/α,β-unsaturated/α-hetero) is 1. The monoisotopic (exact) mass is 338 g/mol. The number of ether oxygens (including phenoxy) is 1. The highest BCUT2D eigenvalue weighted by molar-refractivity contribution is 5.96. The largest absolute Gasteiger partial charge is 0.479 e. The van der Waals surface area contributed by atoms with Gasteiger partial charge in [-0.15, -0.1) is 0 Å². The maximum Gasteiger partial charge on any atom is 0.263 e. The lowest BCUT2D eigenvalue weighted by atomic mass is 10.0. The summed E-state index contributed by atoms with van der Waals surface area (Å²) in [6.45, 7) is 2.41. The van der Waals surface area contributed by atoms with Crippen LogP contribution in [0.5, 0.6) is 5.75 Å². The second-order valence-electron chi connectivity index (χ2n) is 6.27. The van der Waals surface area contributed by atoms with Gasteiger partial charge >= 0.3 is 0 Å². The van der Waals surface area contributed by atoms with Gasteiger partial charge in [0.25, 0.3) is 5.91 Å². The molecule has 2 aromatic rings. The van der Waals surface area contributed by atoms with E-state index in [1.165, 1.54) is 0 Å². The predicted molar refractivity (Wildman–Crippen MR) is 94.5 cm³/mol. The zero-order valence-corrected chi connectivity index (χ0v) is 14.3. The summed E-state index contributed by atoms with van der Waals surface area (Å²) in [5.41, 5.74) is 0.696. The first-order valence-corrected chi connectivity index (χ1v) is 8.60. The molecule has 1 amide bonds. The Bertz CT molecular complexity index is 718. The summed E-state index contributed by atoms with van der Waals surface area (Å²) in [5.74, 6) is 0.567. The van der Waals surface area contributed by atoms with E-state index in [9.17, 15) is 9.59 Å². The first-order valence-electron chi connectivity index (χ1n) is 8.60. The van der Waals surface area contributed by atoms with Crippen LogP contribution in [0.3, 0.4) is 0 Å². The number of hydrogen-bond acceptors (Lipinski definition) is 4. The second kappa shape index (κ2) is 7.92. The van der Waals surface area contributed by atoms with Gasteiger partial charge in [-0.3, -0.25) is 14.6 Å². The van der Waals surface area contributed by atoms with Gasteiger partial charge in [0.05, 0.1) is 6.20 Å². The first kappa shape index (κ1) is 17.1. The van der Waals surface area contributed by atoms with Crippen molar-refractivity contribution in [1.82, 2.24) is 9.88 Å². The lowest BCUT2D eigenvalue weighted by Crippen LogP contribution is -2.43. The molecule has 2 heterocycles. The molecule has 0 N–H and O–H groups in total. The van der Waals surface area contributed by atoms with E-state index < -0.39 is 6.10 Å². The number of nitrogens with zero attached hydrogens (tertiary/aromatic N) is 2. The van der Waals surface area contributed by atoms with Crippen molar-refractivity contribution in [2.45, 2.75) is 38.3 Å². The van der Waals surface area contributed by atoms with Crippen molar-refractivity contribution in [2.75, 3.05) is 6.54 Å². The number of aromatic nitrogens is 1. The Morgan fingerprint density at radius 2 is 2.04 bits per heavy atom. The van der Waals surface area contributed by atoms with E-state index in [1.807, 2.05) is 30.3 Å². The van der Waals surface area contributed by atoms with Crippen LogP contribution in [-0.2, 0) is 4.79 Å². The van der Waals surface area contributed by atoms with Gasteiger partial charge in [0.15, 0.2) is 11.9 Å². The third-order valence-corrected chi connectivity index (χ3v) is 4.47. The van der Waals surface area contributed by atoms with Crippen LogP contribution in [-0.4, -0.2) is 40.3 Å². The molecule has 3 rings (SSSR count). The van der Waals surface area contributed by atoms with Gasteiger partial charge in [-0.05, 0) is 31.9 Å². The van der Waals surface area contributed by atoms with Gasteiger partial charge in [0, 0.05) is 30.8 Å². The van der Waals surface area contributed by atoms with Crippen LogP contribution in [0.4, 0.5) is 0 Å². The second-order valence-corrected chi connectivity index (χ2v) is 6.27. The Morgan fingerprint density at radius 1 is 1.24 bits per heavy atom. The molecule has 130 valence electrons. The molecule has 0 bridgehead atoms. The SMILES string of the molecule is C[C@@H](Oc1cccnc1)C(=O)N1CCC[C@H]1CC(=O)c1ccccc1. The van der Waals surface area contributed by atoms with E-state index in [-0.39, 0.29) is 17.7 Å².